The van der Waals surface area contributed by atoms with Crippen molar-refractivity contribution in [2.45, 2.75) is 80.2 Å². The number of ether oxygens (including phenoxy) is 4. The van der Waals surface area contributed by atoms with Gasteiger partial charge < -0.3 is 45.0 Å². The average Bonchev–Trinajstić information content (AvgIpc) is 3.05. The predicted molar refractivity (Wildman–Crippen MR) is 181 cm³/mol. The van der Waals surface area contributed by atoms with Gasteiger partial charge in [-0.05, 0) is 40.5 Å². The van der Waals surface area contributed by atoms with Crippen molar-refractivity contribution in [1.82, 2.24) is 21.3 Å². The molecule has 0 aliphatic carbocycles. The van der Waals surface area contributed by atoms with Crippen molar-refractivity contribution in [3.63, 3.8) is 0 Å². The summed E-state index contributed by atoms with van der Waals surface area (Å²) >= 11 is 0. The molecule has 14 nitrogen and oxygen atoms in total. The SMILES string of the molecule is C/C=C\C(=C/C)CC(NC(=O)CNC(=O)CNC(=O)CCOCCOCCOCCOCCNC(=O)CCC)C(C)=O.CC.CC=O. The van der Waals surface area contributed by atoms with Crippen LogP contribution in [-0.4, -0.2) is 114 Å². The molecular formula is C33H60N4O10. The molecule has 47 heavy (non-hydrogen) atoms. The minimum atomic E-state index is -0.691. The Labute approximate surface area is 281 Å². The van der Waals surface area contributed by atoms with Gasteiger partial charge in [0.05, 0.1) is 72.0 Å². The number of hydrogen-bond acceptors (Lipinski definition) is 10. The van der Waals surface area contributed by atoms with Crippen molar-refractivity contribution in [3.8, 4) is 0 Å². The third-order valence-electron chi connectivity index (χ3n) is 5.54. The van der Waals surface area contributed by atoms with E-state index in [4.69, 9.17) is 23.7 Å². The van der Waals surface area contributed by atoms with E-state index in [0.717, 1.165) is 18.3 Å². The number of ketones is 1. The summed E-state index contributed by atoms with van der Waals surface area (Å²) in [6.45, 7) is 15.3. The normalized spacial score (nSPS) is 11.3. The predicted octanol–water partition coefficient (Wildman–Crippen LogP) is 1.81. The maximum atomic E-state index is 12.2. The topological polar surface area (TPSA) is 187 Å². The Morgan fingerprint density at radius 1 is 0.660 bits per heavy atom. The monoisotopic (exact) mass is 672 g/mol. The highest BCUT2D eigenvalue weighted by Crippen LogP contribution is 2.08. The molecule has 1 unspecified atom stereocenters. The van der Waals surface area contributed by atoms with Crippen LogP contribution in [0.1, 0.15) is 74.1 Å². The Kier molecular flexibility index (Phi) is 37.7. The fourth-order valence-electron chi connectivity index (χ4n) is 3.29. The highest BCUT2D eigenvalue weighted by molar-refractivity contribution is 5.91. The molecular weight excluding hydrogens is 612 g/mol. The molecule has 0 aliphatic heterocycles. The quantitative estimate of drug-likeness (QED) is 0.0600. The summed E-state index contributed by atoms with van der Waals surface area (Å²) in [5.41, 5.74) is 0.909. The first-order valence-corrected chi connectivity index (χ1v) is 16.2. The molecule has 0 bridgehead atoms. The van der Waals surface area contributed by atoms with Crippen LogP contribution in [0, 0.1) is 0 Å². The summed E-state index contributed by atoms with van der Waals surface area (Å²) in [6, 6.07) is -0.691. The maximum absolute atomic E-state index is 12.2. The first-order chi connectivity index (χ1) is 22.6. The van der Waals surface area contributed by atoms with E-state index in [2.05, 4.69) is 21.3 Å². The molecule has 0 radical (unpaired) electrons. The summed E-state index contributed by atoms with van der Waals surface area (Å²) in [5.74, 6) is -1.55. The molecule has 0 aromatic heterocycles. The van der Waals surface area contributed by atoms with Gasteiger partial charge in [0, 0.05) is 19.4 Å². The van der Waals surface area contributed by atoms with Gasteiger partial charge in [0.2, 0.25) is 23.6 Å². The van der Waals surface area contributed by atoms with Crippen LogP contribution in [0.15, 0.2) is 23.8 Å². The molecule has 0 spiro atoms. The number of carbonyl (C=O) groups is 6. The minimum Gasteiger partial charge on any atom is -0.379 e. The zero-order valence-corrected chi connectivity index (χ0v) is 29.6. The molecule has 0 heterocycles. The molecule has 14 heteroatoms. The second-order valence-corrected chi connectivity index (χ2v) is 9.39. The van der Waals surface area contributed by atoms with Crippen molar-refractivity contribution < 1.29 is 47.7 Å². The fourth-order valence-corrected chi connectivity index (χ4v) is 3.29. The summed E-state index contributed by atoms with van der Waals surface area (Å²) in [6.07, 6.45) is 8.10. The molecule has 1 atom stereocenters. The summed E-state index contributed by atoms with van der Waals surface area (Å²) < 4.78 is 21.5. The molecule has 0 saturated heterocycles. The molecule has 0 aliphatic rings. The van der Waals surface area contributed by atoms with Crippen molar-refractivity contribution in [2.24, 2.45) is 0 Å². The van der Waals surface area contributed by atoms with Gasteiger partial charge >= 0.3 is 0 Å². The standard InChI is InChI=1S/C29H50N4O9.C2H4O.C2H6/c1-5-8-24(7-3)20-25(23(4)34)33-29(38)22-32-28(37)21-31-27(36)10-12-39-14-16-41-18-19-42-17-15-40-13-11-30-26(35)9-6-2;1-2-3;1-2/h5,7-8,25H,6,9-22H2,1-4H3,(H,30,35)(H,31,36)(H,32,37)(H,33,38);2H,1H3;1-2H3/b8-5-,24-7+;;. The number of rotatable bonds is 26. The van der Waals surface area contributed by atoms with Crippen LogP contribution in [-0.2, 0) is 47.7 Å². The largest absolute Gasteiger partial charge is 0.379 e. The Morgan fingerprint density at radius 3 is 1.62 bits per heavy atom. The number of carbonyl (C=O) groups excluding carboxylic acids is 6. The molecule has 0 aromatic carbocycles. The lowest BCUT2D eigenvalue weighted by atomic mass is 10.0. The second-order valence-electron chi connectivity index (χ2n) is 9.39. The number of Topliss-reactive ketones (excluding diaryl/α,β-unsaturated/α-hetero) is 1. The molecule has 4 amide bonds. The van der Waals surface area contributed by atoms with Gasteiger partial charge in [0.15, 0.2) is 5.78 Å². The Balaban J connectivity index is -0.00000364. The molecule has 4 N–H and O–H groups in total. The van der Waals surface area contributed by atoms with Gasteiger partial charge in [0.25, 0.3) is 0 Å². The highest BCUT2D eigenvalue weighted by atomic mass is 16.6. The van der Waals surface area contributed by atoms with E-state index < -0.39 is 17.9 Å². The van der Waals surface area contributed by atoms with E-state index in [1.165, 1.54) is 13.8 Å². The van der Waals surface area contributed by atoms with E-state index in [9.17, 15) is 24.0 Å². The van der Waals surface area contributed by atoms with Crippen LogP contribution in [0.5, 0.6) is 0 Å². The number of allylic oxidation sites excluding steroid dienone is 3. The third-order valence-corrected chi connectivity index (χ3v) is 5.54. The van der Waals surface area contributed by atoms with Crippen LogP contribution in [0.25, 0.3) is 0 Å². The van der Waals surface area contributed by atoms with Crippen molar-refractivity contribution in [1.29, 1.82) is 0 Å². The van der Waals surface area contributed by atoms with Gasteiger partial charge in [-0.3, -0.25) is 24.0 Å². The Hall–Kier alpha value is -3.46. The van der Waals surface area contributed by atoms with E-state index in [0.29, 0.717) is 65.6 Å². The van der Waals surface area contributed by atoms with Crippen LogP contribution >= 0.6 is 0 Å². The van der Waals surface area contributed by atoms with E-state index >= 15 is 0 Å². The lowest BCUT2D eigenvalue weighted by molar-refractivity contribution is -0.129. The number of amides is 4. The van der Waals surface area contributed by atoms with Crippen molar-refractivity contribution in [3.05, 3.63) is 23.8 Å². The fraction of sp³-hybridized carbons (Fsp3) is 0.697. The lowest BCUT2D eigenvalue weighted by Gasteiger charge is -2.17. The first-order valence-electron chi connectivity index (χ1n) is 16.2. The van der Waals surface area contributed by atoms with E-state index in [1.807, 2.05) is 52.8 Å². The summed E-state index contributed by atoms with van der Waals surface area (Å²) in [7, 11) is 0. The molecule has 0 fully saturated rings. The number of hydrogen-bond donors (Lipinski definition) is 4. The van der Waals surface area contributed by atoms with Crippen LogP contribution < -0.4 is 21.3 Å². The second kappa shape index (κ2) is 37.0. The highest BCUT2D eigenvalue weighted by Gasteiger charge is 2.18. The van der Waals surface area contributed by atoms with Gasteiger partial charge in [-0.2, -0.15) is 0 Å². The van der Waals surface area contributed by atoms with Crippen molar-refractivity contribution >= 4 is 35.7 Å². The lowest BCUT2D eigenvalue weighted by Crippen LogP contribution is -2.46. The van der Waals surface area contributed by atoms with Gasteiger partial charge in [-0.15, -0.1) is 0 Å². The van der Waals surface area contributed by atoms with Gasteiger partial charge in [0.1, 0.15) is 6.29 Å². The number of nitrogens with one attached hydrogen (secondary N) is 4. The zero-order chi connectivity index (χ0) is 36.1. The molecule has 0 saturated carbocycles. The van der Waals surface area contributed by atoms with Crippen LogP contribution in [0.2, 0.25) is 0 Å². The zero-order valence-electron chi connectivity index (χ0n) is 29.6. The minimum absolute atomic E-state index is 0.0302. The van der Waals surface area contributed by atoms with Crippen molar-refractivity contribution in [2.75, 3.05) is 72.5 Å². The van der Waals surface area contributed by atoms with E-state index in [-0.39, 0.29) is 43.7 Å². The molecule has 272 valence electrons. The Bertz CT molecular complexity index is 910. The first kappa shape index (κ1) is 47.9. The summed E-state index contributed by atoms with van der Waals surface area (Å²) in [4.78, 5) is 68.0. The van der Waals surface area contributed by atoms with Crippen LogP contribution in [0.3, 0.4) is 0 Å². The van der Waals surface area contributed by atoms with Crippen LogP contribution in [0.4, 0.5) is 0 Å². The Morgan fingerprint density at radius 2 is 1.13 bits per heavy atom. The van der Waals surface area contributed by atoms with E-state index in [1.54, 1.807) is 0 Å². The molecule has 0 rings (SSSR count). The van der Waals surface area contributed by atoms with Gasteiger partial charge in [-0.1, -0.05) is 44.6 Å². The molecule has 0 aromatic rings. The third kappa shape index (κ3) is 35.2. The smallest absolute Gasteiger partial charge is 0.239 e. The number of aldehydes is 1. The maximum Gasteiger partial charge on any atom is 0.239 e. The summed E-state index contributed by atoms with van der Waals surface area (Å²) in [5, 5.41) is 10.3. The van der Waals surface area contributed by atoms with Gasteiger partial charge in [-0.25, -0.2) is 0 Å². The average molecular weight is 673 g/mol.